The molecule has 0 bridgehead atoms. The molecule has 0 spiro atoms. The Morgan fingerprint density at radius 2 is 0.560 bits per heavy atom. The zero-order valence-electron chi connectivity index (χ0n) is 35.2. The van der Waals surface area contributed by atoms with Crippen molar-refractivity contribution in [1.82, 2.24) is 0 Å². The van der Waals surface area contributed by atoms with Crippen LogP contribution in [0.1, 0.15) is 276 Å². The Hall–Kier alpha value is -0.850. The average molecular weight is 697 g/mol. The van der Waals surface area contributed by atoms with E-state index >= 15 is 0 Å². The molecule has 0 aliphatic rings. The molecule has 1 rings (SSSR count). The van der Waals surface area contributed by atoms with E-state index in [0.29, 0.717) is 0 Å². The Bertz CT molecular complexity index is 783. The van der Waals surface area contributed by atoms with Gasteiger partial charge in [0.15, 0.2) is 12.4 Å². The number of nitrogens with zero attached hydrogens (tertiary/aromatic N) is 1. The first-order valence-electron chi connectivity index (χ1n) is 23.8. The molecule has 0 saturated heterocycles. The monoisotopic (exact) mass is 697 g/mol. The highest BCUT2D eigenvalue weighted by Crippen LogP contribution is 2.19. The van der Waals surface area contributed by atoms with Gasteiger partial charge in [-0.3, -0.25) is 0 Å². The highest BCUT2D eigenvalue weighted by molar-refractivity contribution is 5.21. The quantitative estimate of drug-likeness (QED) is 0.0474. The van der Waals surface area contributed by atoms with Crippen LogP contribution >= 0.6 is 0 Å². The fourth-order valence-electron chi connectivity index (χ4n) is 8.03. The lowest BCUT2D eigenvalue weighted by molar-refractivity contribution is -0.697. The summed E-state index contributed by atoms with van der Waals surface area (Å²) in [5, 5.41) is 0. The minimum atomic E-state index is 1.21. The number of aryl methyl sites for hydroxylation is 3. The van der Waals surface area contributed by atoms with Crippen molar-refractivity contribution in [1.29, 1.82) is 0 Å². The molecule has 0 aliphatic heterocycles. The van der Waals surface area contributed by atoms with Crippen LogP contribution in [-0.2, 0) is 19.4 Å². The van der Waals surface area contributed by atoms with Crippen molar-refractivity contribution in [3.05, 3.63) is 29.6 Å². The molecule has 1 aromatic heterocycles. The fraction of sp³-hybridized carbons (Fsp3) is 0.898. The molecule has 1 heterocycles. The molecule has 1 nitrogen and oxygen atoms in total. The van der Waals surface area contributed by atoms with Crippen LogP contribution in [0, 0.1) is 0 Å². The van der Waals surface area contributed by atoms with Crippen LogP contribution in [-0.4, -0.2) is 0 Å². The third-order valence-electron chi connectivity index (χ3n) is 11.6. The van der Waals surface area contributed by atoms with Crippen molar-refractivity contribution in [2.75, 3.05) is 0 Å². The van der Waals surface area contributed by atoms with Crippen LogP contribution < -0.4 is 4.57 Å². The third-order valence-corrected chi connectivity index (χ3v) is 11.6. The van der Waals surface area contributed by atoms with Crippen molar-refractivity contribution in [2.45, 2.75) is 284 Å². The lowest BCUT2D eigenvalue weighted by atomic mass is 9.97. The van der Waals surface area contributed by atoms with Gasteiger partial charge in [-0.15, -0.1) is 0 Å². The predicted octanol–water partition coefficient (Wildman–Crippen LogP) is 16.9. The smallest absolute Gasteiger partial charge is 0.172 e. The maximum absolute atomic E-state index is 2.55. The highest BCUT2D eigenvalue weighted by atomic mass is 14.9. The molecule has 0 saturated carbocycles. The summed E-state index contributed by atoms with van der Waals surface area (Å²) in [5.74, 6) is 0. The number of hydrogen-bond donors (Lipinski definition) is 0. The van der Waals surface area contributed by atoms with Gasteiger partial charge in [-0.05, 0) is 37.7 Å². The second-order valence-electron chi connectivity index (χ2n) is 16.6. The Morgan fingerprint density at radius 1 is 0.300 bits per heavy atom. The minimum Gasteiger partial charge on any atom is -0.205 e. The normalized spacial score (nSPS) is 11.6. The molecule has 0 aliphatic carbocycles. The third kappa shape index (κ3) is 31.9. The first kappa shape index (κ1) is 47.2. The lowest BCUT2D eigenvalue weighted by Crippen LogP contribution is -2.34. The van der Waals surface area contributed by atoms with E-state index < -0.39 is 0 Å². The Labute approximate surface area is 317 Å². The molecule has 1 heteroatoms. The molecule has 294 valence electrons. The maximum Gasteiger partial charge on any atom is 0.172 e. The largest absolute Gasteiger partial charge is 0.205 e. The molecule has 0 aromatic carbocycles. The molecule has 1 aromatic rings. The summed E-state index contributed by atoms with van der Waals surface area (Å²) in [6.45, 7) is 8.15. The van der Waals surface area contributed by atoms with Crippen LogP contribution in [0.25, 0.3) is 0 Å². The topological polar surface area (TPSA) is 3.88 Å². The van der Waals surface area contributed by atoms with Gasteiger partial charge >= 0.3 is 0 Å². The Morgan fingerprint density at radius 3 is 0.880 bits per heavy atom. The van der Waals surface area contributed by atoms with E-state index in [1.165, 1.54) is 263 Å². The molecular weight excluding hydrogens is 603 g/mol. The average Bonchev–Trinajstić information content (AvgIpc) is 3.13. The molecule has 0 N–H and O–H groups in total. The molecular formula is C49H94N+. The van der Waals surface area contributed by atoms with E-state index in [-0.39, 0.29) is 0 Å². The molecule has 50 heavy (non-hydrogen) atoms. The van der Waals surface area contributed by atoms with Crippen LogP contribution in [0.3, 0.4) is 0 Å². The van der Waals surface area contributed by atoms with E-state index in [4.69, 9.17) is 0 Å². The summed E-state index contributed by atoms with van der Waals surface area (Å²) in [6.07, 6.45) is 62.3. The second-order valence-corrected chi connectivity index (χ2v) is 16.6. The van der Waals surface area contributed by atoms with Crippen LogP contribution in [0.2, 0.25) is 0 Å². The van der Waals surface area contributed by atoms with Crippen molar-refractivity contribution in [2.24, 2.45) is 0 Å². The predicted molar refractivity (Wildman–Crippen MR) is 227 cm³/mol. The standard InChI is InChI=1S/C49H94N/c1-4-7-10-13-16-18-20-22-24-26-28-30-32-34-36-39-42-48-44-46-50(45-41-38-15-12-9-6-3)47-49(48)43-40-37-35-33-31-29-27-25-23-21-19-17-14-11-8-5-2/h44,46-47H,4-43,45H2,1-3H3/q+1. The zero-order chi connectivity index (χ0) is 35.8. The summed E-state index contributed by atoms with van der Waals surface area (Å²) in [6, 6.07) is 2.50. The summed E-state index contributed by atoms with van der Waals surface area (Å²) in [5.41, 5.74) is 3.33. The van der Waals surface area contributed by atoms with E-state index in [2.05, 4.69) is 43.8 Å². The van der Waals surface area contributed by atoms with Gasteiger partial charge in [-0.1, -0.05) is 239 Å². The van der Waals surface area contributed by atoms with Crippen molar-refractivity contribution in [3.8, 4) is 0 Å². The number of aromatic nitrogens is 1. The van der Waals surface area contributed by atoms with Gasteiger partial charge in [-0.2, -0.15) is 0 Å². The number of pyridine rings is 1. The summed E-state index contributed by atoms with van der Waals surface area (Å²) in [4.78, 5) is 0. The number of rotatable bonds is 41. The van der Waals surface area contributed by atoms with E-state index in [1.807, 2.05) is 0 Å². The van der Waals surface area contributed by atoms with Crippen LogP contribution in [0.15, 0.2) is 18.5 Å². The van der Waals surface area contributed by atoms with Gasteiger partial charge < -0.3 is 0 Å². The number of hydrogen-bond acceptors (Lipinski definition) is 0. The first-order chi connectivity index (χ1) is 24.8. The molecule has 0 radical (unpaired) electrons. The molecule has 0 unspecified atom stereocenters. The molecule has 0 atom stereocenters. The Kier molecular flexibility index (Phi) is 37.1. The van der Waals surface area contributed by atoms with Gasteiger partial charge in [0.25, 0.3) is 0 Å². The van der Waals surface area contributed by atoms with Gasteiger partial charge in [-0.25, -0.2) is 4.57 Å². The van der Waals surface area contributed by atoms with Gasteiger partial charge in [0, 0.05) is 18.1 Å². The van der Waals surface area contributed by atoms with Crippen LogP contribution in [0.5, 0.6) is 0 Å². The summed E-state index contributed by atoms with van der Waals surface area (Å²) >= 11 is 0. The lowest BCUT2D eigenvalue weighted by Gasteiger charge is -2.10. The van der Waals surface area contributed by atoms with Gasteiger partial charge in [0.2, 0.25) is 0 Å². The Balaban J connectivity index is 2.21. The first-order valence-corrected chi connectivity index (χ1v) is 23.8. The second kappa shape index (κ2) is 39.4. The zero-order valence-corrected chi connectivity index (χ0v) is 35.2. The summed E-state index contributed by atoms with van der Waals surface area (Å²) in [7, 11) is 0. The SMILES string of the molecule is CCCCCCCCCCCCCCCCCCc1cc[n+](CCCCCCCC)cc1CCCCCCCCCCCCCCCCCC. The highest BCUT2D eigenvalue weighted by Gasteiger charge is 2.10. The van der Waals surface area contributed by atoms with E-state index in [0.717, 1.165) is 0 Å². The fourth-order valence-corrected chi connectivity index (χ4v) is 8.03. The summed E-state index contributed by atoms with van der Waals surface area (Å²) < 4.78 is 2.53. The number of unbranched alkanes of at least 4 members (excludes halogenated alkanes) is 35. The molecule has 0 fully saturated rings. The van der Waals surface area contributed by atoms with Crippen molar-refractivity contribution >= 4 is 0 Å². The van der Waals surface area contributed by atoms with Crippen molar-refractivity contribution in [3.63, 3.8) is 0 Å². The van der Waals surface area contributed by atoms with Crippen LogP contribution in [0.4, 0.5) is 0 Å². The van der Waals surface area contributed by atoms with Crippen molar-refractivity contribution < 1.29 is 4.57 Å². The maximum atomic E-state index is 2.55. The van der Waals surface area contributed by atoms with Gasteiger partial charge in [0.05, 0.1) is 0 Å². The minimum absolute atomic E-state index is 1.21. The molecule has 0 amide bonds. The van der Waals surface area contributed by atoms with E-state index in [1.54, 1.807) is 11.1 Å². The van der Waals surface area contributed by atoms with E-state index in [9.17, 15) is 0 Å². The van der Waals surface area contributed by atoms with Gasteiger partial charge in [0.1, 0.15) is 6.54 Å².